The smallest absolute Gasteiger partial charge is 0.0934 e. The standard InChI is InChI=1S/C16H15BrN2S/c1-2-13-6-7-14(20-13)10-18-15-5-3-4-11-8-12(17)9-19-16(11)15/h3-9,18H,2,10H2,1H3. The number of anilines is 1. The van der Waals surface area contributed by atoms with E-state index in [1.165, 1.54) is 9.75 Å². The maximum atomic E-state index is 4.51. The normalized spacial score (nSPS) is 10.9. The van der Waals surface area contributed by atoms with E-state index in [0.717, 1.165) is 34.0 Å². The van der Waals surface area contributed by atoms with E-state index in [-0.39, 0.29) is 0 Å². The molecule has 2 aromatic heterocycles. The number of rotatable bonds is 4. The Morgan fingerprint density at radius 3 is 2.85 bits per heavy atom. The first-order chi connectivity index (χ1) is 9.76. The maximum Gasteiger partial charge on any atom is 0.0934 e. The third-order valence-electron chi connectivity index (χ3n) is 3.20. The van der Waals surface area contributed by atoms with Crippen molar-refractivity contribution in [2.24, 2.45) is 0 Å². The summed E-state index contributed by atoms with van der Waals surface area (Å²) in [5.41, 5.74) is 2.10. The number of hydrogen-bond donors (Lipinski definition) is 1. The molecule has 1 aromatic carbocycles. The Labute approximate surface area is 131 Å². The summed E-state index contributed by atoms with van der Waals surface area (Å²) in [5, 5.41) is 4.64. The highest BCUT2D eigenvalue weighted by Crippen LogP contribution is 2.25. The zero-order valence-corrected chi connectivity index (χ0v) is 13.6. The van der Waals surface area contributed by atoms with Gasteiger partial charge in [-0.25, -0.2) is 0 Å². The van der Waals surface area contributed by atoms with Crippen molar-refractivity contribution in [1.29, 1.82) is 0 Å². The Kier molecular flexibility index (Phi) is 4.03. The Balaban J connectivity index is 1.83. The topological polar surface area (TPSA) is 24.9 Å². The largest absolute Gasteiger partial charge is 0.378 e. The quantitative estimate of drug-likeness (QED) is 0.699. The molecule has 0 saturated heterocycles. The molecule has 3 aromatic rings. The minimum absolute atomic E-state index is 0.849. The van der Waals surface area contributed by atoms with Gasteiger partial charge >= 0.3 is 0 Å². The molecule has 2 heterocycles. The van der Waals surface area contributed by atoms with Crippen LogP contribution in [0.5, 0.6) is 0 Å². The fourth-order valence-electron chi connectivity index (χ4n) is 2.17. The van der Waals surface area contributed by atoms with Gasteiger partial charge in [0, 0.05) is 32.4 Å². The lowest BCUT2D eigenvalue weighted by Crippen LogP contribution is -1.98. The van der Waals surface area contributed by atoms with Crippen molar-refractivity contribution in [3.05, 3.63) is 56.8 Å². The average Bonchev–Trinajstić information content (AvgIpc) is 2.92. The Morgan fingerprint density at radius 1 is 1.20 bits per heavy atom. The van der Waals surface area contributed by atoms with Gasteiger partial charge in [-0.1, -0.05) is 19.1 Å². The van der Waals surface area contributed by atoms with Crippen LogP contribution in [0.3, 0.4) is 0 Å². The highest BCUT2D eigenvalue weighted by Gasteiger charge is 2.04. The number of halogens is 1. The van der Waals surface area contributed by atoms with Crippen LogP contribution in [-0.2, 0) is 13.0 Å². The van der Waals surface area contributed by atoms with Gasteiger partial charge in [0.25, 0.3) is 0 Å². The fraction of sp³-hybridized carbons (Fsp3) is 0.188. The molecule has 2 nitrogen and oxygen atoms in total. The molecule has 0 aliphatic heterocycles. The van der Waals surface area contributed by atoms with Crippen molar-refractivity contribution < 1.29 is 0 Å². The van der Waals surface area contributed by atoms with Gasteiger partial charge in [-0.3, -0.25) is 4.98 Å². The van der Waals surface area contributed by atoms with Crippen molar-refractivity contribution in [2.45, 2.75) is 19.9 Å². The summed E-state index contributed by atoms with van der Waals surface area (Å²) in [6, 6.07) is 12.7. The Morgan fingerprint density at radius 2 is 2.05 bits per heavy atom. The number of nitrogens with one attached hydrogen (secondary N) is 1. The molecule has 4 heteroatoms. The lowest BCUT2D eigenvalue weighted by molar-refractivity contribution is 1.19. The van der Waals surface area contributed by atoms with Crippen molar-refractivity contribution in [3.8, 4) is 0 Å². The van der Waals surface area contributed by atoms with E-state index >= 15 is 0 Å². The SMILES string of the molecule is CCc1ccc(CNc2cccc3cc(Br)cnc23)s1. The second-order valence-corrected chi connectivity index (χ2v) is 6.77. The number of nitrogens with zero attached hydrogens (tertiary/aromatic N) is 1. The van der Waals surface area contributed by atoms with Crippen LogP contribution in [-0.4, -0.2) is 4.98 Å². The van der Waals surface area contributed by atoms with Crippen LogP contribution in [0.1, 0.15) is 16.7 Å². The van der Waals surface area contributed by atoms with E-state index < -0.39 is 0 Å². The maximum absolute atomic E-state index is 4.51. The van der Waals surface area contributed by atoms with E-state index in [2.05, 4.69) is 69.6 Å². The number of para-hydroxylation sites is 1. The molecule has 20 heavy (non-hydrogen) atoms. The molecular weight excluding hydrogens is 332 g/mol. The third kappa shape index (κ3) is 2.86. The minimum atomic E-state index is 0.849. The monoisotopic (exact) mass is 346 g/mol. The Hall–Kier alpha value is -1.39. The van der Waals surface area contributed by atoms with E-state index in [1.807, 2.05) is 17.5 Å². The van der Waals surface area contributed by atoms with Crippen LogP contribution in [0.25, 0.3) is 10.9 Å². The summed E-state index contributed by atoms with van der Waals surface area (Å²) in [6.07, 6.45) is 2.95. The number of hydrogen-bond acceptors (Lipinski definition) is 3. The van der Waals surface area contributed by atoms with Gasteiger partial charge in [0.2, 0.25) is 0 Å². The second kappa shape index (κ2) is 5.94. The van der Waals surface area contributed by atoms with Crippen LogP contribution in [0.2, 0.25) is 0 Å². The van der Waals surface area contributed by atoms with Gasteiger partial charge in [0.15, 0.2) is 0 Å². The van der Waals surface area contributed by atoms with E-state index in [9.17, 15) is 0 Å². The molecule has 0 aliphatic rings. The van der Waals surface area contributed by atoms with Gasteiger partial charge in [-0.2, -0.15) is 0 Å². The summed E-state index contributed by atoms with van der Waals surface area (Å²) in [7, 11) is 0. The number of benzene rings is 1. The highest BCUT2D eigenvalue weighted by molar-refractivity contribution is 9.10. The molecule has 0 unspecified atom stereocenters. The van der Waals surface area contributed by atoms with Gasteiger partial charge in [0.1, 0.15) is 0 Å². The molecule has 0 aliphatic carbocycles. The number of thiophene rings is 1. The summed E-state index contributed by atoms with van der Waals surface area (Å²) in [6.45, 7) is 3.04. The molecule has 3 rings (SSSR count). The number of fused-ring (bicyclic) bond motifs is 1. The molecule has 0 atom stereocenters. The first kappa shape index (κ1) is 13.6. The number of aromatic nitrogens is 1. The zero-order chi connectivity index (χ0) is 13.9. The van der Waals surface area contributed by atoms with E-state index in [0.29, 0.717) is 0 Å². The summed E-state index contributed by atoms with van der Waals surface area (Å²) in [4.78, 5) is 7.30. The predicted octanol–water partition coefficient (Wildman–Crippen LogP) is 5.23. The third-order valence-corrected chi connectivity index (χ3v) is 4.86. The van der Waals surface area contributed by atoms with Crippen LogP contribution in [0, 0.1) is 0 Å². The van der Waals surface area contributed by atoms with Gasteiger partial charge in [0.05, 0.1) is 11.2 Å². The number of aryl methyl sites for hydroxylation is 1. The Bertz CT molecular complexity index is 736. The molecule has 0 spiro atoms. The first-order valence-corrected chi connectivity index (χ1v) is 8.23. The van der Waals surface area contributed by atoms with Crippen LogP contribution in [0.4, 0.5) is 5.69 Å². The minimum Gasteiger partial charge on any atom is -0.378 e. The van der Waals surface area contributed by atoms with Crippen LogP contribution < -0.4 is 5.32 Å². The summed E-state index contributed by atoms with van der Waals surface area (Å²) in [5.74, 6) is 0. The first-order valence-electron chi connectivity index (χ1n) is 6.62. The number of pyridine rings is 1. The highest BCUT2D eigenvalue weighted by atomic mass is 79.9. The fourth-order valence-corrected chi connectivity index (χ4v) is 3.41. The summed E-state index contributed by atoms with van der Waals surface area (Å²) >= 11 is 5.33. The van der Waals surface area contributed by atoms with Crippen molar-refractivity contribution in [3.63, 3.8) is 0 Å². The van der Waals surface area contributed by atoms with E-state index in [1.54, 1.807) is 0 Å². The van der Waals surface area contributed by atoms with Crippen molar-refractivity contribution in [1.82, 2.24) is 4.98 Å². The molecule has 0 fully saturated rings. The molecule has 102 valence electrons. The van der Waals surface area contributed by atoms with Crippen molar-refractivity contribution in [2.75, 3.05) is 5.32 Å². The molecule has 1 N–H and O–H groups in total. The second-order valence-electron chi connectivity index (χ2n) is 4.61. The van der Waals surface area contributed by atoms with Gasteiger partial charge < -0.3 is 5.32 Å². The molecule has 0 radical (unpaired) electrons. The van der Waals surface area contributed by atoms with Gasteiger partial charge in [-0.05, 0) is 46.6 Å². The van der Waals surface area contributed by atoms with Crippen LogP contribution in [0.15, 0.2) is 47.1 Å². The average molecular weight is 347 g/mol. The predicted molar refractivity (Wildman–Crippen MR) is 90.5 cm³/mol. The zero-order valence-electron chi connectivity index (χ0n) is 11.2. The molecule has 0 saturated carbocycles. The molecule has 0 amide bonds. The lowest BCUT2D eigenvalue weighted by atomic mass is 10.2. The lowest BCUT2D eigenvalue weighted by Gasteiger charge is -2.08. The van der Waals surface area contributed by atoms with Gasteiger partial charge in [-0.15, -0.1) is 11.3 Å². The van der Waals surface area contributed by atoms with E-state index in [4.69, 9.17) is 0 Å². The molecular formula is C16H15BrN2S. The molecule has 0 bridgehead atoms. The van der Waals surface area contributed by atoms with Crippen LogP contribution >= 0.6 is 27.3 Å². The summed E-state index contributed by atoms with van der Waals surface area (Å²) < 4.78 is 1.01. The van der Waals surface area contributed by atoms with Crippen molar-refractivity contribution >= 4 is 43.9 Å².